The summed E-state index contributed by atoms with van der Waals surface area (Å²) < 4.78 is 0. The number of hydrogen-bond acceptors (Lipinski definition) is 3. The van der Waals surface area contributed by atoms with Crippen LogP contribution in [0.5, 0.6) is 0 Å². The first-order valence-corrected chi connectivity index (χ1v) is 4.49. The van der Waals surface area contributed by atoms with E-state index in [1.807, 2.05) is 19.9 Å². The van der Waals surface area contributed by atoms with E-state index < -0.39 is 5.97 Å². The number of aromatic nitrogens is 1. The highest BCUT2D eigenvalue weighted by Gasteiger charge is 2.32. The van der Waals surface area contributed by atoms with Gasteiger partial charge in [0.05, 0.1) is 0 Å². The number of fused-ring (bicyclic) bond motifs is 1. The number of rotatable bonds is 1. The van der Waals surface area contributed by atoms with Gasteiger partial charge in [0.15, 0.2) is 5.69 Å². The average Bonchev–Trinajstić information content (AvgIpc) is 2.42. The summed E-state index contributed by atoms with van der Waals surface area (Å²) in [6, 6.07) is 1.88. The maximum atomic E-state index is 10.9. The molecule has 0 unspecified atom stereocenters. The molecule has 0 spiro atoms. The van der Waals surface area contributed by atoms with Crippen LogP contribution >= 0.6 is 0 Å². The predicted molar refractivity (Wildman–Crippen MR) is 51.1 cm³/mol. The van der Waals surface area contributed by atoms with Crippen molar-refractivity contribution in [2.24, 2.45) is 0 Å². The topological polar surface area (TPSA) is 62.2 Å². The fourth-order valence-electron chi connectivity index (χ4n) is 1.85. The van der Waals surface area contributed by atoms with Gasteiger partial charge < -0.3 is 10.4 Å². The van der Waals surface area contributed by atoms with Gasteiger partial charge in [-0.1, -0.05) is 0 Å². The predicted octanol–water partition coefficient (Wildman–Crippen LogP) is 1.12. The minimum atomic E-state index is -0.957. The molecule has 0 aromatic carbocycles. The highest BCUT2D eigenvalue weighted by molar-refractivity contribution is 5.87. The van der Waals surface area contributed by atoms with E-state index in [0.717, 1.165) is 11.1 Å². The zero-order valence-electron chi connectivity index (χ0n) is 8.16. The first-order valence-electron chi connectivity index (χ1n) is 4.49. The van der Waals surface area contributed by atoms with Crippen molar-refractivity contribution in [3.8, 4) is 0 Å². The summed E-state index contributed by atoms with van der Waals surface area (Å²) >= 11 is 0. The molecule has 0 aliphatic carbocycles. The number of nitrogens with zero attached hydrogens (tertiary/aromatic N) is 1. The van der Waals surface area contributed by atoms with Crippen molar-refractivity contribution in [3.63, 3.8) is 0 Å². The van der Waals surface area contributed by atoms with Crippen LogP contribution in [0.4, 0.5) is 0 Å². The van der Waals surface area contributed by atoms with Crippen LogP contribution in [-0.2, 0) is 12.1 Å². The lowest BCUT2D eigenvalue weighted by Crippen LogP contribution is -2.28. The van der Waals surface area contributed by atoms with Crippen molar-refractivity contribution in [3.05, 3.63) is 29.1 Å². The number of aromatic carboxylic acids is 1. The quantitative estimate of drug-likeness (QED) is 0.699. The highest BCUT2D eigenvalue weighted by Crippen LogP contribution is 2.31. The van der Waals surface area contributed by atoms with Crippen LogP contribution < -0.4 is 5.32 Å². The SMILES string of the molecule is CC1(C)NCc2c1ccnc2C(=O)O. The molecule has 4 nitrogen and oxygen atoms in total. The van der Waals surface area contributed by atoms with Crippen molar-refractivity contribution in [2.75, 3.05) is 0 Å². The van der Waals surface area contributed by atoms with E-state index in [1.165, 1.54) is 0 Å². The Labute approximate surface area is 82.0 Å². The van der Waals surface area contributed by atoms with Crippen molar-refractivity contribution in [1.29, 1.82) is 0 Å². The molecule has 14 heavy (non-hydrogen) atoms. The Bertz CT molecular complexity index is 399. The summed E-state index contributed by atoms with van der Waals surface area (Å²) in [6.07, 6.45) is 1.55. The summed E-state index contributed by atoms with van der Waals surface area (Å²) in [7, 11) is 0. The number of nitrogens with one attached hydrogen (secondary N) is 1. The van der Waals surface area contributed by atoms with E-state index in [2.05, 4.69) is 10.3 Å². The standard InChI is InChI=1S/C10H12N2O2/c1-10(2)7-3-4-11-8(9(13)14)6(7)5-12-10/h3-4,12H,5H2,1-2H3,(H,13,14). The number of carboxylic acids is 1. The maximum absolute atomic E-state index is 10.9. The van der Waals surface area contributed by atoms with E-state index in [0.29, 0.717) is 6.54 Å². The van der Waals surface area contributed by atoms with Gasteiger partial charge in [0.25, 0.3) is 0 Å². The molecule has 0 amide bonds. The van der Waals surface area contributed by atoms with Gasteiger partial charge in [0.1, 0.15) is 0 Å². The van der Waals surface area contributed by atoms with Gasteiger partial charge in [0, 0.05) is 23.8 Å². The number of carboxylic acid groups (broad SMARTS) is 1. The molecule has 2 N–H and O–H groups in total. The molecule has 0 saturated carbocycles. The molecule has 0 atom stereocenters. The van der Waals surface area contributed by atoms with Crippen LogP contribution in [-0.4, -0.2) is 16.1 Å². The second-order valence-corrected chi connectivity index (χ2v) is 3.97. The molecule has 1 aromatic heterocycles. The van der Waals surface area contributed by atoms with Gasteiger partial charge in [0.2, 0.25) is 0 Å². The molecular formula is C10H12N2O2. The zero-order valence-corrected chi connectivity index (χ0v) is 8.16. The summed E-state index contributed by atoms with van der Waals surface area (Å²) in [5, 5.41) is 12.2. The molecule has 0 bridgehead atoms. The van der Waals surface area contributed by atoms with E-state index in [-0.39, 0.29) is 11.2 Å². The highest BCUT2D eigenvalue weighted by atomic mass is 16.4. The Kier molecular flexibility index (Phi) is 1.82. The molecule has 1 aliphatic heterocycles. The number of hydrogen-bond donors (Lipinski definition) is 2. The largest absolute Gasteiger partial charge is 0.477 e. The minimum Gasteiger partial charge on any atom is -0.477 e. The van der Waals surface area contributed by atoms with Gasteiger partial charge in [-0.05, 0) is 25.5 Å². The Hall–Kier alpha value is -1.42. The molecule has 2 rings (SSSR count). The summed E-state index contributed by atoms with van der Waals surface area (Å²) in [4.78, 5) is 14.8. The Balaban J connectivity index is 2.61. The minimum absolute atomic E-state index is 0.150. The van der Waals surface area contributed by atoms with Crippen molar-refractivity contribution in [1.82, 2.24) is 10.3 Å². The average molecular weight is 192 g/mol. The second-order valence-electron chi connectivity index (χ2n) is 3.97. The number of pyridine rings is 1. The molecular weight excluding hydrogens is 180 g/mol. The monoisotopic (exact) mass is 192 g/mol. The number of carbonyl (C=O) groups is 1. The van der Waals surface area contributed by atoms with Gasteiger partial charge in [-0.3, -0.25) is 0 Å². The summed E-state index contributed by atoms with van der Waals surface area (Å²) in [5.41, 5.74) is 1.86. The molecule has 0 fully saturated rings. The fraction of sp³-hybridized carbons (Fsp3) is 0.400. The van der Waals surface area contributed by atoms with Gasteiger partial charge in [-0.2, -0.15) is 0 Å². The first-order chi connectivity index (χ1) is 6.52. The van der Waals surface area contributed by atoms with Crippen molar-refractivity contribution < 1.29 is 9.90 Å². The van der Waals surface area contributed by atoms with E-state index >= 15 is 0 Å². The Morgan fingerprint density at radius 2 is 2.36 bits per heavy atom. The maximum Gasteiger partial charge on any atom is 0.354 e. The lowest BCUT2D eigenvalue weighted by molar-refractivity contribution is 0.0689. The van der Waals surface area contributed by atoms with Crippen molar-refractivity contribution >= 4 is 5.97 Å². The molecule has 1 aromatic rings. The van der Waals surface area contributed by atoms with Gasteiger partial charge in [-0.25, -0.2) is 9.78 Å². The summed E-state index contributed by atoms with van der Waals surface area (Å²) in [6.45, 7) is 4.65. The normalized spacial score (nSPS) is 17.9. The van der Waals surface area contributed by atoms with Gasteiger partial charge >= 0.3 is 5.97 Å². The fourth-order valence-corrected chi connectivity index (χ4v) is 1.85. The third kappa shape index (κ3) is 1.19. The lowest BCUT2D eigenvalue weighted by Gasteiger charge is -2.19. The van der Waals surface area contributed by atoms with Crippen LogP contribution in [0.25, 0.3) is 0 Å². The zero-order chi connectivity index (χ0) is 10.3. The lowest BCUT2D eigenvalue weighted by atomic mass is 9.95. The molecule has 4 heteroatoms. The van der Waals surface area contributed by atoms with Crippen LogP contribution in [0.1, 0.15) is 35.5 Å². The van der Waals surface area contributed by atoms with E-state index in [4.69, 9.17) is 5.11 Å². The van der Waals surface area contributed by atoms with Crippen LogP contribution in [0.2, 0.25) is 0 Å². The Morgan fingerprint density at radius 1 is 1.64 bits per heavy atom. The van der Waals surface area contributed by atoms with Crippen LogP contribution in [0, 0.1) is 0 Å². The molecule has 2 heterocycles. The third-order valence-corrected chi connectivity index (χ3v) is 2.64. The summed E-state index contributed by atoms with van der Waals surface area (Å²) in [5.74, 6) is -0.957. The van der Waals surface area contributed by atoms with Crippen molar-refractivity contribution in [2.45, 2.75) is 25.9 Å². The smallest absolute Gasteiger partial charge is 0.354 e. The molecule has 74 valence electrons. The third-order valence-electron chi connectivity index (χ3n) is 2.64. The van der Waals surface area contributed by atoms with E-state index in [9.17, 15) is 4.79 Å². The van der Waals surface area contributed by atoms with Crippen LogP contribution in [0.15, 0.2) is 12.3 Å². The molecule has 0 saturated heterocycles. The Morgan fingerprint density at radius 3 is 3.00 bits per heavy atom. The second kappa shape index (κ2) is 2.78. The van der Waals surface area contributed by atoms with E-state index in [1.54, 1.807) is 6.20 Å². The first kappa shape index (κ1) is 9.15. The van der Waals surface area contributed by atoms with Crippen LogP contribution in [0.3, 0.4) is 0 Å². The van der Waals surface area contributed by atoms with Gasteiger partial charge in [-0.15, -0.1) is 0 Å². The molecule has 1 aliphatic rings. The molecule has 0 radical (unpaired) electrons.